The van der Waals surface area contributed by atoms with Crippen molar-refractivity contribution >= 4 is 32.5 Å². The topological polar surface area (TPSA) is 111 Å². The minimum absolute atomic E-state index is 0.0456. The van der Waals surface area contributed by atoms with Gasteiger partial charge in [0.2, 0.25) is 5.25 Å². The summed E-state index contributed by atoms with van der Waals surface area (Å²) in [5.74, 6) is -2.16. The van der Waals surface area contributed by atoms with Gasteiger partial charge in [0.25, 0.3) is 0 Å². The molecule has 0 saturated heterocycles. The van der Waals surface area contributed by atoms with Gasteiger partial charge in [-0.15, -0.1) is 0 Å². The van der Waals surface area contributed by atoms with Gasteiger partial charge in [0, 0.05) is 11.6 Å². The molecule has 2 aromatic rings. The fraction of sp³-hybridized carbons (Fsp3) is 0.267. The van der Waals surface area contributed by atoms with Gasteiger partial charge in [-0.2, -0.15) is 0 Å². The zero-order chi connectivity index (χ0) is 17.2. The second-order valence-corrected chi connectivity index (χ2v) is 6.77. The Bertz CT molecular complexity index is 875. The standard InChI is InChI=1S/C15H15NO6S/c1-3-22-15(19)14(9(2)17)23(20,21)12-7-6-11(18)13-10(12)5-4-8-16-13/h4-8,14,18H,3H2,1-2H3/t14-/m0/s1. The largest absolute Gasteiger partial charge is 0.506 e. The van der Waals surface area contributed by atoms with Crippen LogP contribution in [0.3, 0.4) is 0 Å². The summed E-state index contributed by atoms with van der Waals surface area (Å²) >= 11 is 0. The maximum atomic E-state index is 12.8. The van der Waals surface area contributed by atoms with Gasteiger partial charge in [-0.25, -0.2) is 8.42 Å². The molecule has 122 valence electrons. The molecule has 0 aliphatic carbocycles. The summed E-state index contributed by atoms with van der Waals surface area (Å²) in [5, 5.41) is 7.97. The molecule has 1 aromatic heterocycles. The number of benzene rings is 1. The Labute approximate surface area is 132 Å². The molecule has 1 atom stereocenters. The summed E-state index contributed by atoms with van der Waals surface area (Å²) in [7, 11) is -4.34. The number of carbonyl (C=O) groups excluding carboxylic acids is 2. The number of Topliss-reactive ketones (excluding diaryl/α,β-unsaturated/α-hetero) is 1. The van der Waals surface area contributed by atoms with Crippen LogP contribution < -0.4 is 0 Å². The molecule has 0 bridgehead atoms. The lowest BCUT2D eigenvalue weighted by Crippen LogP contribution is -2.38. The maximum absolute atomic E-state index is 12.8. The normalized spacial score (nSPS) is 12.8. The molecule has 2 rings (SSSR count). The van der Waals surface area contributed by atoms with Crippen LogP contribution in [0.4, 0.5) is 0 Å². The molecule has 7 nitrogen and oxygen atoms in total. The van der Waals surface area contributed by atoms with Crippen LogP contribution in [0.2, 0.25) is 0 Å². The Balaban J connectivity index is 2.70. The van der Waals surface area contributed by atoms with Crippen LogP contribution in [0.25, 0.3) is 10.9 Å². The van der Waals surface area contributed by atoms with Gasteiger partial charge < -0.3 is 9.84 Å². The van der Waals surface area contributed by atoms with Gasteiger partial charge in [-0.3, -0.25) is 14.6 Å². The van der Waals surface area contributed by atoms with E-state index >= 15 is 0 Å². The van der Waals surface area contributed by atoms with E-state index in [0.29, 0.717) is 0 Å². The van der Waals surface area contributed by atoms with Crippen molar-refractivity contribution in [3.05, 3.63) is 30.5 Å². The van der Waals surface area contributed by atoms with Crippen molar-refractivity contribution in [2.45, 2.75) is 24.0 Å². The van der Waals surface area contributed by atoms with Gasteiger partial charge in [0.1, 0.15) is 11.3 Å². The van der Waals surface area contributed by atoms with Crippen molar-refractivity contribution in [2.24, 2.45) is 0 Å². The van der Waals surface area contributed by atoms with Crippen molar-refractivity contribution < 1.29 is 27.9 Å². The number of pyridine rings is 1. The highest BCUT2D eigenvalue weighted by molar-refractivity contribution is 7.93. The zero-order valence-corrected chi connectivity index (χ0v) is 13.3. The van der Waals surface area contributed by atoms with Crippen LogP contribution in [0.15, 0.2) is 35.4 Å². The third kappa shape index (κ3) is 3.02. The number of sulfone groups is 1. The molecule has 0 fully saturated rings. The van der Waals surface area contributed by atoms with E-state index < -0.39 is 26.8 Å². The first-order valence-electron chi connectivity index (χ1n) is 6.78. The first-order chi connectivity index (χ1) is 10.8. The average Bonchev–Trinajstić information content (AvgIpc) is 2.47. The van der Waals surface area contributed by atoms with E-state index in [1.54, 1.807) is 0 Å². The quantitative estimate of drug-likeness (QED) is 0.645. The van der Waals surface area contributed by atoms with E-state index in [4.69, 9.17) is 4.74 Å². The van der Waals surface area contributed by atoms with Gasteiger partial charge >= 0.3 is 5.97 Å². The van der Waals surface area contributed by atoms with E-state index in [1.807, 2.05) is 0 Å². The molecular weight excluding hydrogens is 322 g/mol. The number of nitrogens with zero attached hydrogens (tertiary/aromatic N) is 1. The monoisotopic (exact) mass is 337 g/mol. The summed E-state index contributed by atoms with van der Waals surface area (Å²) in [4.78, 5) is 27.3. The molecule has 0 aliphatic rings. The minimum Gasteiger partial charge on any atom is -0.506 e. The Morgan fingerprint density at radius 1 is 1.30 bits per heavy atom. The molecule has 0 radical (unpaired) electrons. The highest BCUT2D eigenvalue weighted by Gasteiger charge is 2.40. The summed E-state index contributed by atoms with van der Waals surface area (Å²) < 4.78 is 30.3. The molecule has 1 heterocycles. The van der Waals surface area contributed by atoms with E-state index in [2.05, 4.69) is 4.98 Å². The summed E-state index contributed by atoms with van der Waals surface area (Å²) in [6.07, 6.45) is 1.40. The average molecular weight is 337 g/mol. The van der Waals surface area contributed by atoms with E-state index in [1.165, 1.54) is 25.3 Å². The molecule has 0 aliphatic heterocycles. The molecule has 1 N–H and O–H groups in total. The Morgan fingerprint density at radius 2 is 2.00 bits per heavy atom. The highest BCUT2D eigenvalue weighted by atomic mass is 32.2. The number of hydrogen-bond donors (Lipinski definition) is 1. The summed E-state index contributed by atoms with van der Waals surface area (Å²) in [5.41, 5.74) is 0.0692. The number of hydrogen-bond acceptors (Lipinski definition) is 7. The minimum atomic E-state index is -4.34. The Morgan fingerprint density at radius 3 is 2.61 bits per heavy atom. The number of esters is 1. The first kappa shape index (κ1) is 16.9. The van der Waals surface area contributed by atoms with Crippen LogP contribution in [0.1, 0.15) is 13.8 Å². The Kier molecular flexibility index (Phi) is 4.65. The van der Waals surface area contributed by atoms with E-state index in [9.17, 15) is 23.1 Å². The molecule has 0 unspecified atom stereocenters. The highest BCUT2D eigenvalue weighted by Crippen LogP contribution is 2.31. The third-order valence-corrected chi connectivity index (χ3v) is 5.31. The predicted octanol–water partition coefficient (Wildman–Crippen LogP) is 1.23. The first-order valence-corrected chi connectivity index (χ1v) is 8.33. The third-order valence-electron chi connectivity index (χ3n) is 3.20. The van der Waals surface area contributed by atoms with Crippen LogP contribution in [0, 0.1) is 0 Å². The van der Waals surface area contributed by atoms with Crippen molar-refractivity contribution in [3.63, 3.8) is 0 Å². The fourth-order valence-corrected chi connectivity index (χ4v) is 3.98. The molecule has 23 heavy (non-hydrogen) atoms. The van der Waals surface area contributed by atoms with Crippen molar-refractivity contribution in [1.82, 2.24) is 4.98 Å². The van der Waals surface area contributed by atoms with Crippen LogP contribution in [-0.4, -0.2) is 42.1 Å². The number of carbonyl (C=O) groups is 2. The number of ketones is 1. The fourth-order valence-electron chi connectivity index (χ4n) is 2.24. The SMILES string of the molecule is CCOC(=O)[C@H](C(C)=O)S(=O)(=O)c1ccc(O)c2ncccc12. The molecule has 0 saturated carbocycles. The molecular formula is C15H15NO6S. The Hall–Kier alpha value is -2.48. The molecule has 8 heteroatoms. The van der Waals surface area contributed by atoms with Crippen LogP contribution in [0.5, 0.6) is 5.75 Å². The molecule has 0 spiro atoms. The van der Waals surface area contributed by atoms with Gasteiger partial charge in [-0.05, 0) is 38.1 Å². The van der Waals surface area contributed by atoms with Crippen molar-refractivity contribution in [2.75, 3.05) is 6.61 Å². The second-order valence-electron chi connectivity index (χ2n) is 4.77. The lowest BCUT2D eigenvalue weighted by Gasteiger charge is -2.15. The number of phenols is 1. The van der Waals surface area contributed by atoms with E-state index in [0.717, 1.165) is 19.1 Å². The summed E-state index contributed by atoms with van der Waals surface area (Å²) in [6.45, 7) is 2.48. The lowest BCUT2D eigenvalue weighted by atomic mass is 10.2. The van der Waals surface area contributed by atoms with E-state index in [-0.39, 0.29) is 28.2 Å². The number of aromatic hydroxyl groups is 1. The number of ether oxygens (including phenoxy) is 1. The van der Waals surface area contributed by atoms with Crippen LogP contribution in [-0.2, 0) is 24.2 Å². The van der Waals surface area contributed by atoms with Gasteiger partial charge in [0.15, 0.2) is 15.6 Å². The summed E-state index contributed by atoms with van der Waals surface area (Å²) in [6, 6.07) is 5.24. The molecule has 0 amide bonds. The van der Waals surface area contributed by atoms with Crippen LogP contribution >= 0.6 is 0 Å². The zero-order valence-electron chi connectivity index (χ0n) is 12.5. The number of phenolic OH excluding ortho intramolecular Hbond substituents is 1. The predicted molar refractivity (Wildman–Crippen MR) is 81.7 cm³/mol. The van der Waals surface area contributed by atoms with Crippen molar-refractivity contribution in [3.8, 4) is 5.75 Å². The maximum Gasteiger partial charge on any atom is 0.332 e. The van der Waals surface area contributed by atoms with Gasteiger partial charge in [0.05, 0.1) is 11.5 Å². The number of rotatable bonds is 5. The van der Waals surface area contributed by atoms with Gasteiger partial charge in [-0.1, -0.05) is 0 Å². The second kappa shape index (κ2) is 6.33. The molecule has 1 aromatic carbocycles. The van der Waals surface area contributed by atoms with Crippen molar-refractivity contribution in [1.29, 1.82) is 0 Å². The lowest BCUT2D eigenvalue weighted by molar-refractivity contribution is -0.144. The smallest absolute Gasteiger partial charge is 0.332 e. The number of aromatic nitrogens is 1. The number of fused-ring (bicyclic) bond motifs is 1.